The Morgan fingerprint density at radius 1 is 0.838 bits per heavy atom. The largest absolute Gasteiger partial charge is 0.462 e. The average Bonchev–Trinajstić information content (AvgIpc) is 2.89. The second kappa shape index (κ2) is 10.7. The van der Waals surface area contributed by atoms with Crippen molar-refractivity contribution in [1.29, 1.82) is 0 Å². The van der Waals surface area contributed by atoms with Gasteiger partial charge in [-0.2, -0.15) is 0 Å². The smallest absolute Gasteiger partial charge is 0.343 e. The number of hydrogen-bond donors (Lipinski definition) is 0. The Bertz CT molecular complexity index is 1470. The molecule has 1 aromatic heterocycles. The second-order valence-electron chi connectivity index (χ2n) is 9.57. The molecule has 0 saturated heterocycles. The van der Waals surface area contributed by atoms with E-state index in [9.17, 15) is 14.4 Å². The molecule has 0 radical (unpaired) electrons. The Kier molecular flexibility index (Phi) is 7.43. The van der Waals surface area contributed by atoms with Crippen molar-refractivity contribution in [1.82, 2.24) is 0 Å². The Labute approximate surface area is 214 Å². The molecule has 7 nitrogen and oxygen atoms in total. The van der Waals surface area contributed by atoms with Crippen molar-refractivity contribution >= 4 is 22.9 Å². The van der Waals surface area contributed by atoms with Crippen molar-refractivity contribution in [2.45, 2.75) is 39.5 Å². The monoisotopic (exact) mass is 500 g/mol. The molecule has 0 unspecified atom stereocenters. The first-order valence-corrected chi connectivity index (χ1v) is 12.0. The molecule has 0 fully saturated rings. The summed E-state index contributed by atoms with van der Waals surface area (Å²) >= 11 is 0. The first kappa shape index (κ1) is 25.7. The lowest BCUT2D eigenvalue weighted by Crippen LogP contribution is -2.13. The zero-order chi connectivity index (χ0) is 26.6. The zero-order valence-electron chi connectivity index (χ0n) is 21.2. The van der Waals surface area contributed by atoms with Gasteiger partial charge in [0.05, 0.1) is 23.1 Å². The highest BCUT2D eigenvalue weighted by Gasteiger charge is 2.16. The number of ether oxygens (including phenoxy) is 3. The van der Waals surface area contributed by atoms with Gasteiger partial charge < -0.3 is 18.6 Å². The number of carbonyl (C=O) groups excluding carboxylic acids is 2. The van der Waals surface area contributed by atoms with Crippen LogP contribution in [0.25, 0.3) is 11.0 Å². The minimum Gasteiger partial charge on any atom is -0.462 e. The van der Waals surface area contributed by atoms with E-state index in [2.05, 4.69) is 20.8 Å². The number of carbonyl (C=O) groups is 2. The van der Waals surface area contributed by atoms with E-state index in [-0.39, 0.29) is 33.3 Å². The molecule has 0 aliphatic heterocycles. The summed E-state index contributed by atoms with van der Waals surface area (Å²) in [5, 5.41) is 0.270. The molecule has 37 heavy (non-hydrogen) atoms. The summed E-state index contributed by atoms with van der Waals surface area (Å²) in [6, 6.07) is 18.1. The summed E-state index contributed by atoms with van der Waals surface area (Å²) in [5.41, 5.74) is 1.76. The van der Waals surface area contributed by atoms with Gasteiger partial charge in [0, 0.05) is 6.07 Å². The summed E-state index contributed by atoms with van der Waals surface area (Å²) in [7, 11) is 0. The van der Waals surface area contributed by atoms with Crippen LogP contribution in [-0.4, -0.2) is 18.5 Å². The molecule has 0 spiro atoms. The Balaban J connectivity index is 1.47. The van der Waals surface area contributed by atoms with Gasteiger partial charge in [-0.05, 0) is 65.9 Å². The van der Waals surface area contributed by atoms with Gasteiger partial charge in [0.25, 0.3) is 0 Å². The molecule has 0 N–H and O–H groups in total. The summed E-state index contributed by atoms with van der Waals surface area (Å²) in [4.78, 5) is 37.5. The van der Waals surface area contributed by atoms with E-state index in [0.29, 0.717) is 23.5 Å². The van der Waals surface area contributed by atoms with Gasteiger partial charge in [0.1, 0.15) is 23.3 Å². The van der Waals surface area contributed by atoms with E-state index in [1.807, 2.05) is 19.1 Å². The van der Waals surface area contributed by atoms with Crippen LogP contribution < -0.4 is 14.9 Å². The maximum atomic E-state index is 12.9. The SMILES string of the molecule is CCCOC(=O)c1ccc(Oc2coc3cc(OC(=O)c4ccc(C(C)(C)C)cc4)ccc3c2=O)cc1. The minimum absolute atomic E-state index is 0.0162. The highest BCUT2D eigenvalue weighted by molar-refractivity contribution is 5.92. The molecular weight excluding hydrogens is 472 g/mol. The van der Waals surface area contributed by atoms with Gasteiger partial charge in [-0.1, -0.05) is 39.8 Å². The maximum absolute atomic E-state index is 12.9. The third-order valence-electron chi connectivity index (χ3n) is 5.67. The van der Waals surface area contributed by atoms with Crippen LogP contribution in [0.2, 0.25) is 0 Å². The van der Waals surface area contributed by atoms with Crippen LogP contribution in [-0.2, 0) is 10.2 Å². The second-order valence-corrected chi connectivity index (χ2v) is 9.57. The molecule has 0 bridgehead atoms. The van der Waals surface area contributed by atoms with Crippen molar-refractivity contribution in [2.24, 2.45) is 0 Å². The number of hydrogen-bond acceptors (Lipinski definition) is 7. The summed E-state index contributed by atoms with van der Waals surface area (Å²) in [6.07, 6.45) is 1.94. The highest BCUT2D eigenvalue weighted by Crippen LogP contribution is 2.26. The molecule has 3 aromatic carbocycles. The van der Waals surface area contributed by atoms with Crippen LogP contribution in [0.3, 0.4) is 0 Å². The molecule has 190 valence electrons. The van der Waals surface area contributed by atoms with Crippen LogP contribution in [0.15, 0.2) is 82.2 Å². The summed E-state index contributed by atoms with van der Waals surface area (Å²) in [5.74, 6) is -0.333. The van der Waals surface area contributed by atoms with Crippen LogP contribution in [0, 0.1) is 0 Å². The molecule has 0 aliphatic rings. The van der Waals surface area contributed by atoms with E-state index in [1.54, 1.807) is 36.4 Å². The van der Waals surface area contributed by atoms with Gasteiger partial charge in [0.2, 0.25) is 11.2 Å². The van der Waals surface area contributed by atoms with Crippen LogP contribution >= 0.6 is 0 Å². The first-order chi connectivity index (χ1) is 17.7. The van der Waals surface area contributed by atoms with E-state index in [4.69, 9.17) is 18.6 Å². The molecule has 4 rings (SSSR count). The average molecular weight is 501 g/mol. The van der Waals surface area contributed by atoms with Gasteiger partial charge in [-0.15, -0.1) is 0 Å². The normalized spacial score (nSPS) is 11.2. The van der Waals surface area contributed by atoms with Gasteiger partial charge in [-0.3, -0.25) is 4.79 Å². The van der Waals surface area contributed by atoms with E-state index < -0.39 is 11.9 Å². The molecule has 7 heteroatoms. The predicted molar refractivity (Wildman–Crippen MR) is 140 cm³/mol. The lowest BCUT2D eigenvalue weighted by atomic mass is 9.87. The maximum Gasteiger partial charge on any atom is 0.343 e. The van der Waals surface area contributed by atoms with E-state index in [0.717, 1.165) is 12.0 Å². The molecule has 0 atom stereocenters. The molecule has 0 saturated carbocycles. The van der Waals surface area contributed by atoms with Crippen molar-refractivity contribution in [3.63, 3.8) is 0 Å². The molecule has 0 amide bonds. The van der Waals surface area contributed by atoms with Crippen LogP contribution in [0.4, 0.5) is 0 Å². The third kappa shape index (κ3) is 6.06. The Hall–Kier alpha value is -4.39. The summed E-state index contributed by atoms with van der Waals surface area (Å²) in [6.45, 7) is 8.56. The van der Waals surface area contributed by atoms with Gasteiger partial charge >= 0.3 is 11.9 Å². The molecule has 0 aliphatic carbocycles. The standard InChI is InChI=1S/C30H28O7/c1-5-16-34-28(32)19-8-12-22(13-9-19)36-26-18-35-25-17-23(14-15-24(25)27(26)31)37-29(33)20-6-10-21(11-7-20)30(2,3)4/h6-15,17-18H,5,16H2,1-4H3. The van der Waals surface area contributed by atoms with Crippen molar-refractivity contribution in [2.75, 3.05) is 6.61 Å². The van der Waals surface area contributed by atoms with E-state index >= 15 is 0 Å². The topological polar surface area (TPSA) is 92.0 Å². The zero-order valence-corrected chi connectivity index (χ0v) is 21.2. The third-order valence-corrected chi connectivity index (χ3v) is 5.67. The quantitative estimate of drug-likeness (QED) is 0.207. The van der Waals surface area contributed by atoms with Gasteiger partial charge in [0.15, 0.2) is 0 Å². The predicted octanol–water partition coefficient (Wildman–Crippen LogP) is 6.67. The fourth-order valence-electron chi connectivity index (χ4n) is 3.56. The van der Waals surface area contributed by atoms with Crippen molar-refractivity contribution < 1.29 is 28.2 Å². The van der Waals surface area contributed by atoms with Gasteiger partial charge in [-0.25, -0.2) is 9.59 Å². The first-order valence-electron chi connectivity index (χ1n) is 12.0. The molecule has 1 heterocycles. The van der Waals surface area contributed by atoms with Crippen LogP contribution in [0.1, 0.15) is 60.4 Å². The van der Waals surface area contributed by atoms with Crippen molar-refractivity contribution in [3.8, 4) is 17.2 Å². The van der Waals surface area contributed by atoms with Crippen molar-refractivity contribution in [3.05, 3.63) is 99.9 Å². The number of fused-ring (bicyclic) bond motifs is 1. The lowest BCUT2D eigenvalue weighted by Gasteiger charge is -2.18. The lowest BCUT2D eigenvalue weighted by molar-refractivity contribution is 0.0504. The fraction of sp³-hybridized carbons (Fsp3) is 0.233. The summed E-state index contributed by atoms with van der Waals surface area (Å²) < 4.78 is 21.9. The van der Waals surface area contributed by atoms with E-state index in [1.165, 1.54) is 24.5 Å². The molecular formula is C30H28O7. The number of esters is 2. The highest BCUT2D eigenvalue weighted by atomic mass is 16.5. The Morgan fingerprint density at radius 2 is 1.46 bits per heavy atom. The fourth-order valence-corrected chi connectivity index (χ4v) is 3.56. The molecule has 4 aromatic rings. The number of rotatable bonds is 7. The number of benzene rings is 3. The van der Waals surface area contributed by atoms with Crippen LogP contribution in [0.5, 0.6) is 17.2 Å². The Morgan fingerprint density at radius 3 is 2.11 bits per heavy atom. The minimum atomic E-state index is -0.510.